The predicted octanol–water partition coefficient (Wildman–Crippen LogP) is 9.88. The number of rotatable bonds is 15. The van der Waals surface area contributed by atoms with Crippen molar-refractivity contribution in [2.24, 2.45) is 0 Å². The highest BCUT2D eigenvalue weighted by molar-refractivity contribution is 9.08. The van der Waals surface area contributed by atoms with Crippen molar-refractivity contribution in [2.45, 2.75) is 57.2 Å². The summed E-state index contributed by atoms with van der Waals surface area (Å²) in [6, 6.07) is 12.0. The summed E-state index contributed by atoms with van der Waals surface area (Å²) in [7, 11) is -8.50. The van der Waals surface area contributed by atoms with Crippen molar-refractivity contribution in [3.8, 4) is 0 Å². The van der Waals surface area contributed by atoms with Crippen molar-refractivity contribution in [1.29, 1.82) is 0 Å². The van der Waals surface area contributed by atoms with Gasteiger partial charge in [-0.15, -0.1) is 0 Å². The van der Waals surface area contributed by atoms with Crippen LogP contribution in [-0.2, 0) is 49.0 Å². The second-order valence-electron chi connectivity index (χ2n) is 24.5. The summed E-state index contributed by atoms with van der Waals surface area (Å²) >= 11 is 2.89. The maximum Gasteiger partial charge on any atom is 0.416 e. The molecule has 3 aromatic rings. The van der Waals surface area contributed by atoms with Crippen molar-refractivity contribution < 1.29 is 59.5 Å². The Kier molecular flexibility index (Phi) is 34.0. The van der Waals surface area contributed by atoms with Crippen LogP contribution in [0.5, 0.6) is 0 Å². The minimum absolute atomic E-state index is 0.000161. The van der Waals surface area contributed by atoms with Crippen LogP contribution in [0.4, 0.5) is 43.4 Å². The number of nitrogens with two attached hydrogens (primary N) is 1. The highest BCUT2D eigenvalue weighted by atomic mass is 79.9. The van der Waals surface area contributed by atoms with E-state index in [2.05, 4.69) is 82.7 Å². The van der Waals surface area contributed by atoms with Crippen molar-refractivity contribution >= 4 is 82.5 Å². The zero-order valence-corrected chi connectivity index (χ0v) is 58.8. The van der Waals surface area contributed by atoms with Gasteiger partial charge in [-0.25, -0.2) is 0 Å². The number of nitrogen functional groups attached to an aromatic ring is 1. The molecule has 0 saturated carbocycles. The minimum Gasteiger partial charge on any atom is -0.437 e. The fraction of sp³-hybridized carbons (Fsp3) is 0.667. The van der Waals surface area contributed by atoms with Gasteiger partial charge in [0.15, 0.2) is 0 Å². The lowest BCUT2D eigenvalue weighted by atomic mass is 9.84. The van der Waals surface area contributed by atoms with Gasteiger partial charge in [-0.2, -0.15) is 26.3 Å². The van der Waals surface area contributed by atoms with E-state index >= 15 is 0 Å². The first-order chi connectivity index (χ1) is 40.0. The third-order valence-electron chi connectivity index (χ3n) is 13.5. The van der Waals surface area contributed by atoms with Gasteiger partial charge in [0.05, 0.1) is 69.3 Å². The molecule has 4 aliphatic rings. The summed E-state index contributed by atoms with van der Waals surface area (Å²) in [5.74, 6) is 0. The van der Waals surface area contributed by atoms with Crippen LogP contribution in [0.25, 0.3) is 0 Å². The van der Waals surface area contributed by atoms with E-state index in [1.807, 2.05) is 44.4 Å². The lowest BCUT2D eigenvalue weighted by molar-refractivity contribution is -0.385. The molecule has 3 aromatic carbocycles. The molecule has 33 heteroatoms. The van der Waals surface area contributed by atoms with Gasteiger partial charge in [0.2, 0.25) is 0 Å². The molecule has 0 amide bonds. The van der Waals surface area contributed by atoms with E-state index in [0.29, 0.717) is 44.6 Å². The highest BCUT2D eigenvalue weighted by Crippen LogP contribution is 2.40. The summed E-state index contributed by atoms with van der Waals surface area (Å²) in [5, 5.41) is 38.1. The average Bonchev–Trinajstić information content (AvgIpc) is 3.02. The monoisotopic (exact) mass is 1400 g/mol. The molecule has 4 saturated heterocycles. The molecule has 4 fully saturated rings. The number of nitro groups is 2. The van der Waals surface area contributed by atoms with Gasteiger partial charge in [0.1, 0.15) is 13.3 Å². The third kappa shape index (κ3) is 33.8. The van der Waals surface area contributed by atoms with Crippen LogP contribution in [0, 0.1) is 20.2 Å². The number of nitro benzene ring substituents is 2. The van der Waals surface area contributed by atoms with Gasteiger partial charge in [-0.3, -0.25) is 44.7 Å². The molecule has 0 unspecified atom stereocenters. The molecule has 0 aromatic heterocycles. The van der Waals surface area contributed by atoms with Crippen LogP contribution in [0.1, 0.15) is 27.8 Å². The molecule has 494 valence electrons. The smallest absolute Gasteiger partial charge is 0.416 e. The summed E-state index contributed by atoms with van der Waals surface area (Å²) in [6.45, 7) is 39.0. The molecule has 0 bridgehead atoms. The molecule has 0 spiro atoms. The largest absolute Gasteiger partial charge is 0.437 e. The summed E-state index contributed by atoms with van der Waals surface area (Å²) in [4.78, 5) is 32.5. The fourth-order valence-electron chi connectivity index (χ4n) is 9.58. The zero-order valence-electron chi connectivity index (χ0n) is 52.6. The number of nitrogens with one attached hydrogen (secondary N) is 2. The van der Waals surface area contributed by atoms with Crippen molar-refractivity contribution in [3.63, 3.8) is 0 Å². The van der Waals surface area contributed by atoms with Gasteiger partial charge in [0.25, 0.3) is 11.4 Å². The van der Waals surface area contributed by atoms with Crippen LogP contribution in [0.3, 0.4) is 0 Å². The van der Waals surface area contributed by atoms with Crippen molar-refractivity contribution in [3.05, 3.63) is 103 Å². The highest BCUT2D eigenvalue weighted by Gasteiger charge is 2.37. The average molecular weight is 1400 g/mol. The van der Waals surface area contributed by atoms with E-state index in [-0.39, 0.29) is 30.1 Å². The molecule has 0 radical (unpaired) electrons. The maximum absolute atomic E-state index is 13.2. The van der Waals surface area contributed by atoms with Crippen LogP contribution in [-0.4, -0.2) is 236 Å². The van der Waals surface area contributed by atoms with Gasteiger partial charge >= 0.3 is 27.2 Å². The molecule has 0 atom stereocenters. The number of anilines is 1. The number of piperazine rings is 4. The number of alkyl halides is 7. The summed E-state index contributed by atoms with van der Waals surface area (Å²) in [6.07, 6.45) is -7.17. The van der Waals surface area contributed by atoms with Crippen LogP contribution < -0.4 is 21.6 Å². The second kappa shape index (κ2) is 36.9. The van der Waals surface area contributed by atoms with E-state index < -0.39 is 82.0 Å². The molecular formula is C54H94BBrF6N11O9P4Si+. The molecule has 87 heavy (non-hydrogen) atoms. The SMILES string of the molecule is CB(O)N1CCNCC1.CP(C)(=O)CN1CCN(Cc2ccc([N+](=O)[O-])cc2C(F)(F)F)CC1.CP(C)(=O)CN1CCNCC1.C[P+](C)=O.C[Si](C)(C)c1cc(N)ccc1CN1CCN(CP(C)(C)=O)CC1.O=[N+]([O-])c1ccc(CBr)c(C(F)(F)F)c1. The molecule has 4 aliphatic heterocycles. The Morgan fingerprint density at radius 1 is 0.598 bits per heavy atom. The number of non-ortho nitro benzene ring substituents is 2. The Labute approximate surface area is 521 Å². The van der Waals surface area contributed by atoms with Crippen LogP contribution in [0.15, 0.2) is 54.6 Å². The standard InChI is InChI=1S/C17H32N3OPSi.C15H21F3N3O3P.C8H5BrF3NO2.C7H17N2OP.C5H13BN2O.C2H6OP/c1-22(2,21)14-20-10-8-19(9-11-20)13-15-6-7-16(18)12-17(15)23(3,4)5;1-25(2,24)11-20-7-5-19(6-8-20)10-12-3-4-13(21(22)23)9-14(12)15(16,17)18;9-4-5-1-2-6(13(14)15)3-7(5)8(10,11)12;1-11(2,10)7-9-5-3-8-4-6-9;1-6(9)8-4-2-7-3-5-8;1-4(2)3/h6-7,12H,8-11,13-14,18H2,1-5H3;3-4,9H,5-8,10-11H2,1-2H3;1-3H,4H2;8H,3-7H2,1-2H3;7,9H,2-5H2,1H3;1-2H3/q;;;;;+1. The van der Waals surface area contributed by atoms with Crippen molar-refractivity contribution in [1.82, 2.24) is 39.9 Å². The van der Waals surface area contributed by atoms with E-state index in [0.717, 1.165) is 122 Å². The second-order valence-corrected chi connectivity index (χ2v) is 42.0. The van der Waals surface area contributed by atoms with Crippen LogP contribution in [0.2, 0.25) is 26.5 Å². The van der Waals surface area contributed by atoms with Gasteiger partial charge < -0.3 is 39.9 Å². The Hall–Kier alpha value is -2.97. The Morgan fingerprint density at radius 3 is 1.24 bits per heavy atom. The number of halogens is 7. The number of nitrogens with zero attached hydrogens (tertiary/aromatic N) is 8. The van der Waals surface area contributed by atoms with E-state index in [1.165, 1.54) is 16.8 Å². The lowest BCUT2D eigenvalue weighted by Gasteiger charge is -2.36. The quantitative estimate of drug-likeness (QED) is 0.0210. The van der Waals surface area contributed by atoms with Crippen molar-refractivity contribution in [2.75, 3.05) is 183 Å². The maximum atomic E-state index is 13.2. The predicted molar refractivity (Wildman–Crippen MR) is 352 cm³/mol. The zero-order chi connectivity index (χ0) is 66.3. The Balaban J connectivity index is 0.000000381. The number of hydrogen-bond acceptors (Lipinski definition) is 18. The van der Waals surface area contributed by atoms with Gasteiger partial charge in [-0.1, -0.05) is 63.5 Å². The normalized spacial score (nSPS) is 17.2. The Morgan fingerprint density at radius 2 is 0.920 bits per heavy atom. The fourth-order valence-corrected chi connectivity index (χ4v) is 15.5. The van der Waals surface area contributed by atoms with Gasteiger partial charge in [-0.05, 0) is 75.6 Å². The summed E-state index contributed by atoms with van der Waals surface area (Å²) in [5.41, 5.74) is 5.26. The first kappa shape index (κ1) is 80.1. The summed E-state index contributed by atoms with van der Waals surface area (Å²) < 4.78 is 122. The number of hydrogen-bond donors (Lipinski definition) is 4. The first-order valence-corrected chi connectivity index (χ1v) is 43.7. The molecular weight excluding hydrogens is 1300 g/mol. The van der Waals surface area contributed by atoms with E-state index in [9.17, 15) is 64.8 Å². The van der Waals surface area contributed by atoms with Gasteiger partial charge in [0, 0.05) is 153 Å². The van der Waals surface area contributed by atoms with Crippen LogP contribution >= 0.6 is 45.2 Å². The molecule has 7 rings (SSSR count). The molecule has 20 nitrogen and oxygen atoms in total. The molecule has 0 aliphatic carbocycles. The molecule has 4 heterocycles. The molecule has 5 N–H and O–H groups in total. The number of benzene rings is 3. The topological polar surface area (TPSA) is 244 Å². The van der Waals surface area contributed by atoms with E-state index in [4.69, 9.17) is 10.8 Å². The van der Waals surface area contributed by atoms with E-state index in [1.54, 1.807) is 26.7 Å². The Bertz CT molecular complexity index is 2790. The third-order valence-corrected chi connectivity index (χ3v) is 19.5. The first-order valence-electron chi connectivity index (χ1n) is 28.5. The minimum atomic E-state index is -4.64. The lowest BCUT2D eigenvalue weighted by Crippen LogP contribution is -2.49.